The van der Waals surface area contributed by atoms with Crippen LogP contribution in [-0.4, -0.2) is 20.9 Å². The molecule has 4 N–H and O–H groups in total. The normalized spacial score (nSPS) is 10.7. The Kier molecular flexibility index (Phi) is 3.44. The lowest BCUT2D eigenvalue weighted by molar-refractivity contribution is 0.511. The molecule has 3 heterocycles. The fraction of sp³-hybridized carbons (Fsp3) is 0.154. The maximum atomic E-state index is 7.72. The zero-order valence-electron chi connectivity index (χ0n) is 11.3. The third-order valence-electron chi connectivity index (χ3n) is 2.89. The Hall–Kier alpha value is -2.61. The van der Waals surface area contributed by atoms with Gasteiger partial charge >= 0.3 is 0 Å². The van der Waals surface area contributed by atoms with Crippen LogP contribution < -0.4 is 10.6 Å². The van der Waals surface area contributed by atoms with E-state index in [0.29, 0.717) is 11.7 Å². The van der Waals surface area contributed by atoms with Crippen molar-refractivity contribution in [1.29, 1.82) is 5.41 Å². The lowest BCUT2D eigenvalue weighted by Crippen LogP contribution is -2.35. The monoisotopic (exact) mass is 302 g/mol. The lowest BCUT2D eigenvalue weighted by atomic mass is 10.4. The summed E-state index contributed by atoms with van der Waals surface area (Å²) in [6.07, 6.45) is 3.33. The SMILES string of the molecule is Cc1ncc(-c2csc(N(Cc3ccco3)C(=N)N)n2)[nH]1. The van der Waals surface area contributed by atoms with Crippen LogP contribution in [0.5, 0.6) is 0 Å². The summed E-state index contributed by atoms with van der Waals surface area (Å²) in [5.41, 5.74) is 7.27. The number of nitrogens with one attached hydrogen (secondary N) is 2. The van der Waals surface area contributed by atoms with Gasteiger partial charge < -0.3 is 15.1 Å². The minimum atomic E-state index is -0.0758. The maximum Gasteiger partial charge on any atom is 0.195 e. The van der Waals surface area contributed by atoms with E-state index >= 15 is 0 Å². The molecule has 3 aromatic heterocycles. The molecule has 0 aliphatic heterocycles. The highest BCUT2D eigenvalue weighted by Gasteiger charge is 2.17. The summed E-state index contributed by atoms with van der Waals surface area (Å²) in [4.78, 5) is 13.4. The van der Waals surface area contributed by atoms with E-state index in [1.54, 1.807) is 23.4 Å². The highest BCUT2D eigenvalue weighted by atomic mass is 32.1. The van der Waals surface area contributed by atoms with Crippen molar-refractivity contribution >= 4 is 22.4 Å². The Labute approximate surface area is 125 Å². The van der Waals surface area contributed by atoms with Crippen molar-refractivity contribution in [3.05, 3.63) is 41.6 Å². The number of hydrogen-bond acceptors (Lipinski definition) is 5. The molecule has 0 radical (unpaired) electrons. The number of aryl methyl sites for hydroxylation is 1. The molecule has 0 spiro atoms. The van der Waals surface area contributed by atoms with E-state index in [9.17, 15) is 0 Å². The third-order valence-corrected chi connectivity index (χ3v) is 3.75. The number of H-pyrrole nitrogens is 1. The van der Waals surface area contributed by atoms with E-state index in [-0.39, 0.29) is 5.96 Å². The van der Waals surface area contributed by atoms with Crippen LogP contribution in [0.1, 0.15) is 11.6 Å². The van der Waals surface area contributed by atoms with Gasteiger partial charge in [-0.15, -0.1) is 11.3 Å². The van der Waals surface area contributed by atoms with E-state index in [4.69, 9.17) is 15.6 Å². The number of anilines is 1. The van der Waals surface area contributed by atoms with Gasteiger partial charge in [0, 0.05) is 5.38 Å². The van der Waals surface area contributed by atoms with Crippen molar-refractivity contribution in [2.24, 2.45) is 5.73 Å². The molecular weight excluding hydrogens is 288 g/mol. The number of nitrogens with two attached hydrogens (primary N) is 1. The zero-order valence-corrected chi connectivity index (χ0v) is 12.1. The van der Waals surface area contributed by atoms with Gasteiger partial charge in [-0.05, 0) is 19.1 Å². The Morgan fingerprint density at radius 2 is 2.43 bits per heavy atom. The van der Waals surface area contributed by atoms with Crippen LogP contribution in [0.2, 0.25) is 0 Å². The van der Waals surface area contributed by atoms with Crippen LogP contribution in [0.3, 0.4) is 0 Å². The Balaban J connectivity index is 1.87. The topological polar surface area (TPSA) is 108 Å². The minimum absolute atomic E-state index is 0.0758. The van der Waals surface area contributed by atoms with Gasteiger partial charge in [0.05, 0.1) is 24.7 Å². The Morgan fingerprint density at radius 1 is 1.57 bits per heavy atom. The molecule has 0 bridgehead atoms. The fourth-order valence-electron chi connectivity index (χ4n) is 1.88. The first kappa shape index (κ1) is 13.4. The van der Waals surface area contributed by atoms with Gasteiger partial charge in [0.2, 0.25) is 0 Å². The predicted octanol–water partition coefficient (Wildman–Crippen LogP) is 2.33. The number of rotatable bonds is 4. The van der Waals surface area contributed by atoms with Crippen LogP contribution in [0.25, 0.3) is 11.4 Å². The van der Waals surface area contributed by atoms with Gasteiger partial charge in [0.1, 0.15) is 17.3 Å². The van der Waals surface area contributed by atoms with Crippen LogP contribution in [0.15, 0.2) is 34.4 Å². The molecule has 0 saturated heterocycles. The number of imidazole rings is 1. The Morgan fingerprint density at radius 3 is 3.05 bits per heavy atom. The quantitative estimate of drug-likeness (QED) is 0.506. The number of aromatic nitrogens is 3. The van der Waals surface area contributed by atoms with Crippen molar-refractivity contribution in [3.63, 3.8) is 0 Å². The summed E-state index contributed by atoms with van der Waals surface area (Å²) >= 11 is 1.42. The number of hydrogen-bond donors (Lipinski definition) is 3. The molecule has 3 rings (SSSR count). The molecule has 0 aliphatic rings. The molecule has 0 unspecified atom stereocenters. The summed E-state index contributed by atoms with van der Waals surface area (Å²) in [7, 11) is 0. The van der Waals surface area contributed by atoms with Crippen molar-refractivity contribution in [1.82, 2.24) is 15.0 Å². The summed E-state index contributed by atoms with van der Waals surface area (Å²) < 4.78 is 5.30. The first-order valence-electron chi connectivity index (χ1n) is 6.25. The van der Waals surface area contributed by atoms with Crippen LogP contribution >= 0.6 is 11.3 Å². The molecule has 0 saturated carbocycles. The first-order valence-corrected chi connectivity index (χ1v) is 7.13. The van der Waals surface area contributed by atoms with Gasteiger partial charge in [0.25, 0.3) is 0 Å². The predicted molar refractivity (Wildman–Crippen MR) is 81.2 cm³/mol. The molecule has 7 nitrogen and oxygen atoms in total. The van der Waals surface area contributed by atoms with Crippen LogP contribution in [0, 0.1) is 12.3 Å². The summed E-state index contributed by atoms with van der Waals surface area (Å²) in [6, 6.07) is 3.64. The van der Waals surface area contributed by atoms with E-state index < -0.39 is 0 Å². The second-order valence-electron chi connectivity index (χ2n) is 4.45. The number of furan rings is 1. The molecule has 3 aromatic rings. The summed E-state index contributed by atoms with van der Waals surface area (Å²) in [5, 5.41) is 10.3. The molecule has 0 amide bonds. The van der Waals surface area contributed by atoms with Gasteiger partial charge in [-0.1, -0.05) is 0 Å². The molecule has 0 atom stereocenters. The zero-order chi connectivity index (χ0) is 14.8. The third kappa shape index (κ3) is 2.79. The molecule has 0 aliphatic carbocycles. The van der Waals surface area contributed by atoms with Crippen molar-refractivity contribution in [3.8, 4) is 11.4 Å². The number of thiazole rings is 1. The Bertz CT molecular complexity index is 744. The molecule has 8 heteroatoms. The number of guanidine groups is 1. The standard InChI is InChI=1S/C13H14N6OS/c1-8-16-5-10(17-8)11-7-21-13(18-11)19(12(14)15)6-9-3-2-4-20-9/h2-5,7H,6H2,1H3,(H3,14,15)(H,16,17). The van der Waals surface area contributed by atoms with Gasteiger partial charge in [-0.25, -0.2) is 9.97 Å². The van der Waals surface area contributed by atoms with E-state index in [0.717, 1.165) is 23.0 Å². The summed E-state index contributed by atoms with van der Waals surface area (Å²) in [6.45, 7) is 2.26. The van der Waals surface area contributed by atoms with Gasteiger partial charge in [-0.3, -0.25) is 10.3 Å². The van der Waals surface area contributed by atoms with Gasteiger partial charge in [-0.2, -0.15) is 0 Å². The van der Waals surface area contributed by atoms with E-state index in [1.165, 1.54) is 11.3 Å². The van der Waals surface area contributed by atoms with E-state index in [1.807, 2.05) is 18.4 Å². The number of nitrogens with zero attached hydrogens (tertiary/aromatic N) is 3. The average Bonchev–Trinajstić information content (AvgIpc) is 3.16. The fourth-order valence-corrected chi connectivity index (χ4v) is 2.72. The molecule has 0 fully saturated rings. The van der Waals surface area contributed by atoms with Gasteiger partial charge in [0.15, 0.2) is 11.1 Å². The second-order valence-corrected chi connectivity index (χ2v) is 5.28. The smallest absolute Gasteiger partial charge is 0.195 e. The second kappa shape index (κ2) is 5.41. The van der Waals surface area contributed by atoms with E-state index in [2.05, 4.69) is 15.0 Å². The largest absolute Gasteiger partial charge is 0.467 e. The van der Waals surface area contributed by atoms with Crippen LogP contribution in [-0.2, 0) is 6.54 Å². The van der Waals surface area contributed by atoms with Crippen molar-refractivity contribution < 1.29 is 4.42 Å². The average molecular weight is 302 g/mol. The van der Waals surface area contributed by atoms with Crippen molar-refractivity contribution in [2.45, 2.75) is 13.5 Å². The minimum Gasteiger partial charge on any atom is -0.467 e. The summed E-state index contributed by atoms with van der Waals surface area (Å²) in [5.74, 6) is 1.48. The first-order chi connectivity index (χ1) is 10.1. The molecule has 108 valence electrons. The molecular formula is C13H14N6OS. The number of aromatic amines is 1. The lowest BCUT2D eigenvalue weighted by Gasteiger charge is -2.17. The van der Waals surface area contributed by atoms with Crippen LogP contribution in [0.4, 0.5) is 5.13 Å². The highest BCUT2D eigenvalue weighted by Crippen LogP contribution is 2.27. The highest BCUT2D eigenvalue weighted by molar-refractivity contribution is 7.14. The van der Waals surface area contributed by atoms with Crippen molar-refractivity contribution in [2.75, 3.05) is 4.90 Å². The molecule has 21 heavy (non-hydrogen) atoms. The maximum absolute atomic E-state index is 7.72. The molecule has 0 aromatic carbocycles.